The third kappa shape index (κ3) is 4.14. The van der Waals surface area contributed by atoms with E-state index in [0.717, 1.165) is 14.8 Å². The van der Waals surface area contributed by atoms with Crippen molar-refractivity contribution in [1.82, 2.24) is 0 Å². The van der Waals surface area contributed by atoms with Crippen LogP contribution in [0.1, 0.15) is 5.56 Å². The second kappa shape index (κ2) is 6.29. The highest BCUT2D eigenvalue weighted by molar-refractivity contribution is 14.1. The number of anilines is 2. The lowest BCUT2D eigenvalue weighted by molar-refractivity contribution is 0.632. The van der Waals surface area contributed by atoms with E-state index in [2.05, 4.69) is 33.2 Å². The molecular formula is C14H12FIN2S. The molecule has 19 heavy (non-hydrogen) atoms. The molecule has 0 fully saturated rings. The van der Waals surface area contributed by atoms with Crippen molar-refractivity contribution in [2.24, 2.45) is 0 Å². The molecule has 0 radical (unpaired) electrons. The van der Waals surface area contributed by atoms with Gasteiger partial charge in [0.05, 0.1) is 5.69 Å². The van der Waals surface area contributed by atoms with Crippen LogP contribution >= 0.6 is 34.8 Å². The van der Waals surface area contributed by atoms with Crippen molar-refractivity contribution in [3.05, 3.63) is 57.4 Å². The number of halogens is 2. The first-order valence-corrected chi connectivity index (χ1v) is 7.13. The molecule has 0 unspecified atom stereocenters. The van der Waals surface area contributed by atoms with Gasteiger partial charge in [0.15, 0.2) is 5.11 Å². The Hall–Kier alpha value is -1.21. The zero-order valence-electron chi connectivity index (χ0n) is 10.2. The molecule has 2 N–H and O–H groups in total. The van der Waals surface area contributed by atoms with Crippen LogP contribution in [0.25, 0.3) is 0 Å². The van der Waals surface area contributed by atoms with E-state index in [0.29, 0.717) is 10.8 Å². The Bertz CT molecular complexity index is 599. The number of thiocarbonyl (C=S) groups is 1. The molecule has 2 aromatic rings. The Morgan fingerprint density at radius 3 is 2.47 bits per heavy atom. The molecule has 2 nitrogen and oxygen atoms in total. The van der Waals surface area contributed by atoms with E-state index in [1.807, 2.05) is 31.2 Å². The molecule has 0 spiro atoms. The highest BCUT2D eigenvalue weighted by Crippen LogP contribution is 2.17. The van der Waals surface area contributed by atoms with Gasteiger partial charge in [0.25, 0.3) is 0 Å². The predicted molar refractivity (Wildman–Crippen MR) is 90.1 cm³/mol. The maximum atomic E-state index is 13.6. The van der Waals surface area contributed by atoms with E-state index in [9.17, 15) is 4.39 Å². The summed E-state index contributed by atoms with van der Waals surface area (Å²) in [5, 5.41) is 6.24. The normalized spacial score (nSPS) is 10.1. The topological polar surface area (TPSA) is 24.1 Å². The summed E-state index contributed by atoms with van der Waals surface area (Å²) < 4.78 is 14.7. The second-order valence-electron chi connectivity index (χ2n) is 4.07. The molecule has 0 aromatic heterocycles. The third-order valence-electron chi connectivity index (χ3n) is 2.47. The first-order valence-electron chi connectivity index (χ1n) is 5.64. The molecule has 0 saturated heterocycles. The van der Waals surface area contributed by atoms with Gasteiger partial charge in [-0.25, -0.2) is 4.39 Å². The highest BCUT2D eigenvalue weighted by Gasteiger charge is 2.04. The lowest BCUT2D eigenvalue weighted by atomic mass is 10.2. The van der Waals surface area contributed by atoms with Crippen LogP contribution in [0.5, 0.6) is 0 Å². The van der Waals surface area contributed by atoms with Crippen molar-refractivity contribution in [3.63, 3.8) is 0 Å². The van der Waals surface area contributed by atoms with Crippen LogP contribution in [0, 0.1) is 16.3 Å². The van der Waals surface area contributed by atoms with E-state index in [-0.39, 0.29) is 5.82 Å². The van der Waals surface area contributed by atoms with Crippen molar-refractivity contribution >= 4 is 51.3 Å². The lowest BCUT2D eigenvalue weighted by Gasteiger charge is -2.11. The second-order valence-corrected chi connectivity index (χ2v) is 5.72. The Morgan fingerprint density at radius 1 is 1.11 bits per heavy atom. The van der Waals surface area contributed by atoms with Crippen LogP contribution in [-0.2, 0) is 0 Å². The zero-order chi connectivity index (χ0) is 13.8. The van der Waals surface area contributed by atoms with E-state index in [1.54, 1.807) is 12.1 Å². The lowest BCUT2D eigenvalue weighted by Crippen LogP contribution is -2.19. The zero-order valence-corrected chi connectivity index (χ0v) is 13.2. The summed E-state index contributed by atoms with van der Waals surface area (Å²) in [6.45, 7) is 1.90. The maximum absolute atomic E-state index is 13.6. The Morgan fingerprint density at radius 2 is 1.79 bits per heavy atom. The van der Waals surface area contributed by atoms with E-state index in [1.165, 1.54) is 6.07 Å². The quantitative estimate of drug-likeness (QED) is 0.585. The summed E-state index contributed by atoms with van der Waals surface area (Å²) in [4.78, 5) is 0. The summed E-state index contributed by atoms with van der Waals surface area (Å²) in [5.41, 5.74) is 2.22. The molecule has 98 valence electrons. The summed E-state index contributed by atoms with van der Waals surface area (Å²) in [7, 11) is 0. The van der Waals surface area contributed by atoms with Gasteiger partial charge in [-0.2, -0.15) is 0 Å². The maximum Gasteiger partial charge on any atom is 0.175 e. The average molecular weight is 386 g/mol. The Kier molecular flexibility index (Phi) is 4.71. The molecule has 0 saturated carbocycles. The molecule has 0 aliphatic rings. The molecule has 0 aliphatic carbocycles. The smallest absolute Gasteiger partial charge is 0.175 e. The fraction of sp³-hybridized carbons (Fsp3) is 0.0714. The standard InChI is InChI=1S/C14H12FIN2S/c1-9-2-7-12(15)13(8-9)18-14(19)17-11-5-3-10(16)4-6-11/h2-8H,1H3,(H2,17,18,19). The van der Waals surface area contributed by atoms with E-state index >= 15 is 0 Å². The largest absolute Gasteiger partial charge is 0.332 e. The van der Waals surface area contributed by atoms with Gasteiger partial charge in [0.1, 0.15) is 5.82 Å². The van der Waals surface area contributed by atoms with Crippen molar-refractivity contribution in [3.8, 4) is 0 Å². The van der Waals surface area contributed by atoms with Crippen LogP contribution in [-0.4, -0.2) is 5.11 Å². The number of hydrogen-bond donors (Lipinski definition) is 2. The summed E-state index contributed by atoms with van der Waals surface area (Å²) in [6.07, 6.45) is 0. The van der Waals surface area contributed by atoms with Crippen LogP contribution in [0.3, 0.4) is 0 Å². The number of rotatable bonds is 2. The van der Waals surface area contributed by atoms with E-state index < -0.39 is 0 Å². The van der Waals surface area contributed by atoms with Gasteiger partial charge in [-0.3, -0.25) is 0 Å². The number of benzene rings is 2. The monoisotopic (exact) mass is 386 g/mol. The van der Waals surface area contributed by atoms with Crippen LogP contribution in [0.2, 0.25) is 0 Å². The predicted octanol–water partition coefficient (Wildman–Crippen LogP) is 4.55. The molecule has 0 heterocycles. The van der Waals surface area contributed by atoms with Crippen LogP contribution in [0.15, 0.2) is 42.5 Å². The molecule has 5 heteroatoms. The molecular weight excluding hydrogens is 374 g/mol. The van der Waals surface area contributed by atoms with Gasteiger partial charge in [-0.05, 0) is 83.7 Å². The Labute approximate surface area is 130 Å². The SMILES string of the molecule is Cc1ccc(F)c(NC(=S)Nc2ccc(I)cc2)c1. The van der Waals surface area contributed by atoms with Crippen molar-refractivity contribution in [2.75, 3.05) is 10.6 Å². The van der Waals surface area contributed by atoms with Crippen molar-refractivity contribution in [2.45, 2.75) is 6.92 Å². The molecule has 2 aromatic carbocycles. The van der Waals surface area contributed by atoms with Gasteiger partial charge in [0, 0.05) is 9.26 Å². The summed E-state index contributed by atoms with van der Waals surface area (Å²) in [5.74, 6) is -0.322. The number of nitrogens with one attached hydrogen (secondary N) is 2. The molecule has 0 aliphatic heterocycles. The van der Waals surface area contributed by atoms with Crippen molar-refractivity contribution < 1.29 is 4.39 Å². The van der Waals surface area contributed by atoms with Gasteiger partial charge in [-0.15, -0.1) is 0 Å². The fourth-order valence-corrected chi connectivity index (χ4v) is 2.14. The first-order chi connectivity index (χ1) is 9.04. The Balaban J connectivity index is 2.05. The molecule has 0 atom stereocenters. The number of hydrogen-bond acceptors (Lipinski definition) is 1. The molecule has 0 bridgehead atoms. The van der Waals surface area contributed by atoms with Gasteiger partial charge in [0.2, 0.25) is 0 Å². The third-order valence-corrected chi connectivity index (χ3v) is 3.40. The van der Waals surface area contributed by atoms with Crippen LogP contribution < -0.4 is 10.6 Å². The summed E-state index contributed by atoms with van der Waals surface area (Å²) in [6, 6.07) is 12.6. The van der Waals surface area contributed by atoms with Crippen molar-refractivity contribution in [1.29, 1.82) is 0 Å². The summed E-state index contributed by atoms with van der Waals surface area (Å²) >= 11 is 7.39. The minimum Gasteiger partial charge on any atom is -0.332 e. The fourth-order valence-electron chi connectivity index (χ4n) is 1.55. The number of aryl methyl sites for hydroxylation is 1. The van der Waals surface area contributed by atoms with Gasteiger partial charge in [-0.1, -0.05) is 6.07 Å². The van der Waals surface area contributed by atoms with E-state index in [4.69, 9.17) is 12.2 Å². The van der Waals surface area contributed by atoms with Gasteiger partial charge < -0.3 is 10.6 Å². The van der Waals surface area contributed by atoms with Gasteiger partial charge >= 0.3 is 0 Å². The average Bonchev–Trinajstić information content (AvgIpc) is 2.37. The first kappa shape index (κ1) is 14.2. The molecule has 0 amide bonds. The minimum atomic E-state index is -0.322. The minimum absolute atomic E-state index is 0.322. The van der Waals surface area contributed by atoms with Crippen LogP contribution in [0.4, 0.5) is 15.8 Å². The molecule has 2 rings (SSSR count). The highest BCUT2D eigenvalue weighted by atomic mass is 127.